The van der Waals surface area contributed by atoms with Gasteiger partial charge in [0.15, 0.2) is 4.80 Å². The van der Waals surface area contributed by atoms with E-state index < -0.39 is 17.9 Å². The maximum atomic E-state index is 14.2. The van der Waals surface area contributed by atoms with Crippen molar-refractivity contribution in [1.29, 1.82) is 0 Å². The molecule has 228 valence electrons. The highest BCUT2D eigenvalue weighted by atomic mass is 32.1. The van der Waals surface area contributed by atoms with Crippen LogP contribution in [0.25, 0.3) is 11.8 Å². The fourth-order valence-electron chi connectivity index (χ4n) is 5.45. The summed E-state index contributed by atoms with van der Waals surface area (Å²) in [5.41, 5.74) is 2.95. The van der Waals surface area contributed by atoms with Crippen LogP contribution in [0.2, 0.25) is 0 Å². The third-order valence-corrected chi connectivity index (χ3v) is 8.44. The summed E-state index contributed by atoms with van der Waals surface area (Å²) in [7, 11) is 0. The zero-order chi connectivity index (χ0) is 31.7. The number of para-hydroxylation sites is 1. The number of hydrogen-bond donors (Lipinski definition) is 0. The molecule has 6 rings (SSSR count). The number of hydrogen-bond acceptors (Lipinski definition) is 8. The van der Waals surface area contributed by atoms with Gasteiger partial charge in [-0.25, -0.2) is 9.79 Å². The number of rotatable bonds is 8. The Labute approximate surface area is 264 Å². The van der Waals surface area contributed by atoms with Crippen LogP contribution in [0.5, 0.6) is 5.75 Å². The summed E-state index contributed by atoms with van der Waals surface area (Å²) in [5, 5.41) is 5.85. The van der Waals surface area contributed by atoms with Gasteiger partial charge in [-0.3, -0.25) is 14.2 Å². The number of benzene rings is 3. The highest BCUT2D eigenvalue weighted by Crippen LogP contribution is 2.36. The molecule has 0 bridgehead atoms. The first-order valence-electron chi connectivity index (χ1n) is 14.8. The summed E-state index contributed by atoms with van der Waals surface area (Å²) in [6.07, 6.45) is 1.64. The molecule has 1 aromatic heterocycles. The number of amides is 1. The molecule has 2 atom stereocenters. The molecule has 0 fully saturated rings. The number of anilines is 1. The van der Waals surface area contributed by atoms with Crippen LogP contribution in [0.1, 0.15) is 44.9 Å². The van der Waals surface area contributed by atoms with Crippen molar-refractivity contribution in [3.05, 3.63) is 121 Å². The fraction of sp³-hybridized carbons (Fsp3) is 0.229. The van der Waals surface area contributed by atoms with E-state index >= 15 is 0 Å². The van der Waals surface area contributed by atoms with E-state index in [0.29, 0.717) is 37.7 Å². The minimum Gasteiger partial charge on any atom is -0.491 e. The van der Waals surface area contributed by atoms with Crippen LogP contribution in [-0.4, -0.2) is 34.9 Å². The first-order valence-corrected chi connectivity index (χ1v) is 15.6. The van der Waals surface area contributed by atoms with Crippen LogP contribution in [0.4, 0.5) is 5.69 Å². The van der Waals surface area contributed by atoms with E-state index in [2.05, 4.69) is 5.10 Å². The number of carbonyl (C=O) groups is 2. The highest BCUT2D eigenvalue weighted by molar-refractivity contribution is 7.07. The first-order chi connectivity index (χ1) is 21.8. The van der Waals surface area contributed by atoms with Crippen molar-refractivity contribution in [2.45, 2.75) is 39.8 Å². The number of esters is 1. The molecule has 9 nitrogen and oxygen atoms in total. The molecule has 3 aromatic carbocycles. The number of carbonyl (C=O) groups excluding carboxylic acids is 2. The zero-order valence-electron chi connectivity index (χ0n) is 25.3. The molecular formula is C35H32N4O5S. The van der Waals surface area contributed by atoms with E-state index in [0.717, 1.165) is 5.56 Å². The van der Waals surface area contributed by atoms with Gasteiger partial charge in [-0.05, 0) is 63.6 Å². The number of fused-ring (bicyclic) bond motifs is 1. The zero-order valence-corrected chi connectivity index (χ0v) is 26.2. The maximum absolute atomic E-state index is 14.2. The lowest BCUT2D eigenvalue weighted by Gasteiger charge is -2.26. The molecule has 4 aromatic rings. The summed E-state index contributed by atoms with van der Waals surface area (Å²) in [5.74, 6) is -0.868. The predicted octanol–water partition coefficient (Wildman–Crippen LogP) is 4.71. The van der Waals surface area contributed by atoms with Gasteiger partial charge in [0.2, 0.25) is 0 Å². The Kier molecular flexibility index (Phi) is 8.32. The van der Waals surface area contributed by atoms with E-state index in [1.54, 1.807) is 19.9 Å². The van der Waals surface area contributed by atoms with Crippen LogP contribution in [0.15, 0.2) is 105 Å². The summed E-state index contributed by atoms with van der Waals surface area (Å²) < 4.78 is 13.3. The van der Waals surface area contributed by atoms with Gasteiger partial charge in [0.1, 0.15) is 11.7 Å². The van der Waals surface area contributed by atoms with Crippen molar-refractivity contribution in [3.8, 4) is 5.75 Å². The highest BCUT2D eigenvalue weighted by Gasteiger charge is 2.37. The van der Waals surface area contributed by atoms with Gasteiger partial charge in [0, 0.05) is 5.56 Å². The Balaban J connectivity index is 1.53. The molecule has 0 spiro atoms. The molecule has 3 heterocycles. The van der Waals surface area contributed by atoms with Gasteiger partial charge in [-0.1, -0.05) is 72.0 Å². The Bertz CT molecular complexity index is 1990. The topological polar surface area (TPSA) is 103 Å². The van der Waals surface area contributed by atoms with E-state index in [1.165, 1.54) is 20.9 Å². The average Bonchev–Trinajstić information content (AvgIpc) is 3.51. The molecule has 0 aliphatic carbocycles. The van der Waals surface area contributed by atoms with Crippen LogP contribution in [-0.2, 0) is 14.3 Å². The van der Waals surface area contributed by atoms with Crippen LogP contribution < -0.4 is 24.6 Å². The Morgan fingerprint density at radius 2 is 1.64 bits per heavy atom. The quantitative estimate of drug-likeness (QED) is 0.266. The number of ether oxygens (including phenoxy) is 2. The molecule has 0 N–H and O–H groups in total. The van der Waals surface area contributed by atoms with Crippen molar-refractivity contribution in [3.63, 3.8) is 0 Å². The minimum atomic E-state index is -0.833. The molecular weight excluding hydrogens is 588 g/mol. The van der Waals surface area contributed by atoms with Crippen molar-refractivity contribution in [1.82, 2.24) is 4.57 Å². The monoisotopic (exact) mass is 620 g/mol. The van der Waals surface area contributed by atoms with Crippen molar-refractivity contribution >= 4 is 46.4 Å². The lowest BCUT2D eigenvalue weighted by molar-refractivity contribution is -0.138. The van der Waals surface area contributed by atoms with Gasteiger partial charge in [0.05, 0.1) is 46.0 Å². The molecule has 0 saturated carbocycles. The molecule has 45 heavy (non-hydrogen) atoms. The fourth-order valence-corrected chi connectivity index (χ4v) is 6.46. The number of aromatic nitrogens is 1. The van der Waals surface area contributed by atoms with Gasteiger partial charge < -0.3 is 9.47 Å². The molecule has 0 unspecified atom stereocenters. The second-order valence-electron chi connectivity index (χ2n) is 10.9. The second-order valence-corrected chi connectivity index (χ2v) is 11.9. The van der Waals surface area contributed by atoms with E-state index in [-0.39, 0.29) is 29.8 Å². The average molecular weight is 621 g/mol. The molecule has 0 radical (unpaired) electrons. The van der Waals surface area contributed by atoms with E-state index in [4.69, 9.17) is 14.5 Å². The normalized spacial score (nSPS) is 18.2. The van der Waals surface area contributed by atoms with Gasteiger partial charge >= 0.3 is 5.97 Å². The lowest BCUT2D eigenvalue weighted by atomic mass is 9.93. The SMILES string of the molecule is CCOC(=O)C1=C(c2ccccc2)N=c2s/c(=C\[C@@H]3C(=O)N(c4ccccc4)N=C3C)c(=O)n2[C@@H]1c1ccc(OC(C)C)cc1. The van der Waals surface area contributed by atoms with Crippen LogP contribution in [0, 0.1) is 5.92 Å². The Morgan fingerprint density at radius 1 is 0.978 bits per heavy atom. The standard InChI is InChI=1S/C35H32N4O5S/c1-5-43-34(42)29-30(23-12-8-6-9-13-23)36-35-38(31(29)24-16-18-26(19-17-24)44-21(2)3)33(41)28(45-35)20-27-22(4)37-39(32(27)40)25-14-10-7-11-15-25/h6-21,27,31H,5H2,1-4H3/b28-20-/t27-,31+/m0/s1. The summed E-state index contributed by atoms with van der Waals surface area (Å²) in [6.45, 7) is 7.56. The largest absolute Gasteiger partial charge is 0.491 e. The Morgan fingerprint density at radius 3 is 2.29 bits per heavy atom. The summed E-state index contributed by atoms with van der Waals surface area (Å²) in [6, 6.07) is 25.1. The minimum absolute atomic E-state index is 0.0173. The summed E-state index contributed by atoms with van der Waals surface area (Å²) in [4.78, 5) is 46.7. The number of nitrogens with zero attached hydrogens (tertiary/aromatic N) is 4. The van der Waals surface area contributed by atoms with Gasteiger partial charge in [-0.15, -0.1) is 0 Å². The van der Waals surface area contributed by atoms with Crippen molar-refractivity contribution in [2.75, 3.05) is 11.6 Å². The first kappa shape index (κ1) is 30.0. The van der Waals surface area contributed by atoms with Gasteiger partial charge in [0.25, 0.3) is 11.5 Å². The molecule has 1 amide bonds. The van der Waals surface area contributed by atoms with Crippen LogP contribution >= 0.6 is 11.3 Å². The lowest BCUT2D eigenvalue weighted by Crippen LogP contribution is -2.40. The third kappa shape index (κ3) is 5.76. The molecule has 0 saturated heterocycles. The maximum Gasteiger partial charge on any atom is 0.338 e. The molecule has 2 aliphatic heterocycles. The molecule has 10 heteroatoms. The Hall–Kier alpha value is -5.09. The second kappa shape index (κ2) is 12.5. The smallest absolute Gasteiger partial charge is 0.338 e. The van der Waals surface area contributed by atoms with E-state index in [9.17, 15) is 14.4 Å². The third-order valence-electron chi connectivity index (χ3n) is 7.44. The van der Waals surface area contributed by atoms with Crippen LogP contribution in [0.3, 0.4) is 0 Å². The number of thiazole rings is 1. The van der Waals surface area contributed by atoms with Crippen molar-refractivity contribution < 1.29 is 19.1 Å². The molecule has 2 aliphatic rings. The van der Waals surface area contributed by atoms with E-state index in [1.807, 2.05) is 98.8 Å². The number of hydrazone groups is 1. The van der Waals surface area contributed by atoms with Crippen molar-refractivity contribution in [2.24, 2.45) is 16.0 Å². The van der Waals surface area contributed by atoms with Gasteiger partial charge in [-0.2, -0.15) is 10.1 Å². The predicted molar refractivity (Wildman–Crippen MR) is 175 cm³/mol. The summed E-state index contributed by atoms with van der Waals surface area (Å²) >= 11 is 1.18.